The topological polar surface area (TPSA) is 140 Å². The van der Waals surface area contributed by atoms with Crippen LogP contribution in [0.4, 0.5) is 5.82 Å². The molecule has 0 bridgehead atoms. The molecule has 1 saturated heterocycles. The molecule has 0 unspecified atom stereocenters. The Labute approximate surface area is 130 Å². The Morgan fingerprint density at radius 3 is 2.73 bits per heavy atom. The maximum atomic E-state index is 10.3. The molecule has 0 saturated carbocycles. The van der Waals surface area contributed by atoms with Gasteiger partial charge >= 0.3 is 0 Å². The molecule has 1 aliphatic heterocycles. The minimum Gasteiger partial charge on any atom is -0.500 e. The Balaban J connectivity index is 2.16. The minimum atomic E-state index is -1.42. The third kappa shape index (κ3) is 1.96. The van der Waals surface area contributed by atoms with E-state index in [4.69, 9.17) is 10.5 Å². The number of aromatic nitrogens is 4. The van der Waals surface area contributed by atoms with Gasteiger partial charge in [-0.1, -0.05) is 0 Å². The van der Waals surface area contributed by atoms with Gasteiger partial charge in [-0.15, -0.1) is 0 Å². The number of nitrogen functional groups attached to an aromatic ring is 1. The fourth-order valence-electron chi connectivity index (χ4n) is 2.63. The summed E-state index contributed by atoms with van der Waals surface area (Å²) < 4.78 is 7.04. The number of imidazole rings is 1. The second-order valence-corrected chi connectivity index (χ2v) is 5.73. The summed E-state index contributed by atoms with van der Waals surface area (Å²) in [6.07, 6.45) is -2.53. The number of aryl methyl sites for hydroxylation is 1. The summed E-state index contributed by atoms with van der Waals surface area (Å²) in [7, 11) is 0. The summed E-state index contributed by atoms with van der Waals surface area (Å²) in [6, 6.07) is 0. The number of hydrogen-bond donors (Lipinski definition) is 4. The van der Waals surface area contributed by atoms with Gasteiger partial charge < -0.3 is 25.8 Å². The van der Waals surface area contributed by atoms with Gasteiger partial charge in [-0.2, -0.15) is 0 Å². The first-order chi connectivity index (χ1) is 10.3. The van der Waals surface area contributed by atoms with Crippen molar-refractivity contribution in [3.8, 4) is 0 Å². The van der Waals surface area contributed by atoms with Crippen LogP contribution in [0.15, 0.2) is 6.33 Å². The largest absolute Gasteiger partial charge is 0.500 e. The molecule has 118 valence electrons. The van der Waals surface area contributed by atoms with Crippen molar-refractivity contribution in [3.05, 3.63) is 12.2 Å². The Bertz CT molecular complexity index is 765. The van der Waals surface area contributed by atoms with Crippen LogP contribution >= 0.6 is 12.2 Å². The standard InChI is InChI=1S/C12H15N5O4S/c1-4-15-9(13)5-10(16-4)17(3-14-5)12(2)8(19)6(18)7(21-12)11(20)22/h3,6-8,18-19H,1-2H3,(H,20,22)(H2,13,15,16)/t6-,7+,8-,12-/m1/s1. The zero-order valence-electron chi connectivity index (χ0n) is 11.8. The number of anilines is 1. The van der Waals surface area contributed by atoms with E-state index in [1.807, 2.05) is 0 Å². The van der Waals surface area contributed by atoms with Crippen molar-refractivity contribution in [2.24, 2.45) is 0 Å². The van der Waals surface area contributed by atoms with Crippen molar-refractivity contribution in [2.45, 2.75) is 37.9 Å². The van der Waals surface area contributed by atoms with Crippen molar-refractivity contribution in [2.75, 3.05) is 5.73 Å². The number of fused-ring (bicyclic) bond motifs is 1. The van der Waals surface area contributed by atoms with Gasteiger partial charge in [0.1, 0.15) is 23.5 Å². The highest BCUT2D eigenvalue weighted by atomic mass is 32.1. The molecule has 9 nitrogen and oxygen atoms in total. The van der Waals surface area contributed by atoms with Crippen LogP contribution in [0, 0.1) is 6.92 Å². The lowest BCUT2D eigenvalue weighted by Crippen LogP contribution is -2.43. The van der Waals surface area contributed by atoms with Gasteiger partial charge in [0, 0.05) is 0 Å². The molecule has 0 amide bonds. The molecule has 0 radical (unpaired) electrons. The zero-order chi connectivity index (χ0) is 16.2. The van der Waals surface area contributed by atoms with Crippen LogP contribution in [0.3, 0.4) is 0 Å². The van der Waals surface area contributed by atoms with E-state index in [0.717, 1.165) is 0 Å². The van der Waals surface area contributed by atoms with Gasteiger partial charge in [0.05, 0.1) is 6.33 Å². The quantitative estimate of drug-likeness (QED) is 0.532. The molecule has 4 atom stereocenters. The monoisotopic (exact) mass is 325 g/mol. The summed E-state index contributed by atoms with van der Waals surface area (Å²) >= 11 is 4.64. The molecule has 10 heteroatoms. The van der Waals surface area contributed by atoms with Crippen LogP contribution in [0.5, 0.6) is 0 Å². The Hall–Kier alpha value is -1.88. The van der Waals surface area contributed by atoms with Crippen molar-refractivity contribution in [1.29, 1.82) is 0 Å². The lowest BCUT2D eigenvalue weighted by molar-refractivity contribution is -0.116. The van der Waals surface area contributed by atoms with Gasteiger partial charge in [-0.3, -0.25) is 4.57 Å². The van der Waals surface area contributed by atoms with E-state index in [9.17, 15) is 15.3 Å². The van der Waals surface area contributed by atoms with Crippen LogP contribution in [0.1, 0.15) is 12.7 Å². The van der Waals surface area contributed by atoms with Crippen LogP contribution < -0.4 is 5.73 Å². The maximum absolute atomic E-state index is 10.3. The summed E-state index contributed by atoms with van der Waals surface area (Å²) in [5.41, 5.74) is 5.10. The highest BCUT2D eigenvalue weighted by molar-refractivity contribution is 7.80. The van der Waals surface area contributed by atoms with Crippen molar-refractivity contribution >= 4 is 34.3 Å². The second-order valence-electron chi connectivity index (χ2n) is 5.31. The number of thiocarbonyl (C=S) groups is 1. The van der Waals surface area contributed by atoms with Crippen LogP contribution in [-0.2, 0) is 10.5 Å². The maximum Gasteiger partial charge on any atom is 0.189 e. The molecule has 5 N–H and O–H groups in total. The molecule has 1 aliphatic rings. The molecule has 3 heterocycles. The van der Waals surface area contributed by atoms with Crippen molar-refractivity contribution < 1.29 is 20.1 Å². The number of rotatable bonds is 2. The van der Waals surface area contributed by atoms with E-state index in [1.165, 1.54) is 17.8 Å². The molecule has 3 rings (SSSR count). The average Bonchev–Trinajstić information content (AvgIpc) is 2.95. The van der Waals surface area contributed by atoms with E-state index in [2.05, 4.69) is 27.2 Å². The highest BCUT2D eigenvalue weighted by Gasteiger charge is 2.54. The normalized spacial score (nSPS) is 31.7. The van der Waals surface area contributed by atoms with Crippen LogP contribution in [0.2, 0.25) is 0 Å². The minimum absolute atomic E-state index is 0.201. The molecule has 0 aliphatic carbocycles. The second kappa shape index (κ2) is 4.81. The van der Waals surface area contributed by atoms with E-state index in [0.29, 0.717) is 17.0 Å². The summed E-state index contributed by atoms with van der Waals surface area (Å²) in [6.45, 7) is 3.20. The first-order valence-corrected chi connectivity index (χ1v) is 6.91. The summed E-state index contributed by atoms with van der Waals surface area (Å²) in [4.78, 5) is 12.4. The predicted molar refractivity (Wildman–Crippen MR) is 80.2 cm³/mol. The van der Waals surface area contributed by atoms with E-state index >= 15 is 0 Å². The lowest BCUT2D eigenvalue weighted by Gasteiger charge is -2.29. The molecule has 1 fully saturated rings. The molecule has 0 spiro atoms. The Morgan fingerprint density at radius 2 is 2.14 bits per heavy atom. The molecule has 2 aromatic rings. The predicted octanol–water partition coefficient (Wildman–Crippen LogP) is -0.604. The fraction of sp³-hybridized carbons (Fsp3) is 0.500. The zero-order valence-corrected chi connectivity index (χ0v) is 12.7. The van der Waals surface area contributed by atoms with Gasteiger partial charge in [0.25, 0.3) is 0 Å². The molecule has 22 heavy (non-hydrogen) atoms. The average molecular weight is 325 g/mol. The highest BCUT2D eigenvalue weighted by Crippen LogP contribution is 2.37. The Morgan fingerprint density at radius 1 is 1.45 bits per heavy atom. The third-order valence-corrected chi connectivity index (χ3v) is 4.04. The smallest absolute Gasteiger partial charge is 0.189 e. The van der Waals surface area contributed by atoms with Gasteiger partial charge in [-0.25, -0.2) is 15.0 Å². The number of ether oxygens (including phenoxy) is 1. The SMILES string of the molecule is Cc1nc(N)c2ncn([C@]3(C)O[C@H](C(O)=S)[C@@H](O)[C@H]3O)c2n1. The van der Waals surface area contributed by atoms with Crippen LogP contribution in [-0.4, -0.2) is 58.2 Å². The summed E-state index contributed by atoms with van der Waals surface area (Å²) in [5, 5.41) is 29.3. The number of hydrogen-bond acceptors (Lipinski definition) is 8. The number of nitrogens with two attached hydrogens (primary N) is 1. The first kappa shape index (κ1) is 15.0. The van der Waals surface area contributed by atoms with E-state index in [1.54, 1.807) is 6.92 Å². The number of nitrogens with zero attached hydrogens (tertiary/aromatic N) is 4. The molecular formula is C12H15N5O4S. The lowest BCUT2D eigenvalue weighted by atomic mass is 10.0. The van der Waals surface area contributed by atoms with Gasteiger partial charge in [0.2, 0.25) is 0 Å². The van der Waals surface area contributed by atoms with Gasteiger partial charge in [-0.05, 0) is 26.1 Å². The van der Waals surface area contributed by atoms with Crippen LogP contribution in [0.25, 0.3) is 11.2 Å². The third-order valence-electron chi connectivity index (χ3n) is 3.80. The molecule has 0 aromatic carbocycles. The first-order valence-electron chi connectivity index (χ1n) is 6.50. The number of aliphatic hydroxyl groups excluding tert-OH is 3. The molecular weight excluding hydrogens is 310 g/mol. The van der Waals surface area contributed by atoms with Crippen molar-refractivity contribution in [1.82, 2.24) is 19.5 Å². The molecule has 2 aromatic heterocycles. The number of aliphatic hydroxyl groups is 3. The van der Waals surface area contributed by atoms with Gasteiger partial charge in [0.15, 0.2) is 28.3 Å². The van der Waals surface area contributed by atoms with E-state index < -0.39 is 29.1 Å². The Kier molecular flexibility index (Phi) is 3.29. The summed E-state index contributed by atoms with van der Waals surface area (Å²) in [5.74, 6) is 0.629. The van der Waals surface area contributed by atoms with Crippen molar-refractivity contribution in [3.63, 3.8) is 0 Å². The van der Waals surface area contributed by atoms with E-state index in [-0.39, 0.29) is 5.82 Å². The fourth-order valence-corrected chi connectivity index (χ4v) is 2.82.